The second-order valence-electron chi connectivity index (χ2n) is 4.16. The van der Waals surface area contributed by atoms with Crippen molar-refractivity contribution < 1.29 is 0 Å². The summed E-state index contributed by atoms with van der Waals surface area (Å²) in [4.78, 5) is 2.58. The number of fused-ring (bicyclic) bond motifs is 1. The number of nitrogens with one attached hydrogen (secondary N) is 1. The summed E-state index contributed by atoms with van der Waals surface area (Å²) >= 11 is 0. The zero-order chi connectivity index (χ0) is 7.84. The molecule has 0 bridgehead atoms. The molecule has 2 nitrogen and oxygen atoms in total. The number of hydrogen-bond donors (Lipinski definition) is 1. The smallest absolute Gasteiger partial charge is 0.0236 e. The number of rotatable bonds is 1. The molecule has 0 saturated carbocycles. The van der Waals surface area contributed by atoms with Gasteiger partial charge in [0.15, 0.2) is 0 Å². The van der Waals surface area contributed by atoms with Crippen LogP contribution in [-0.4, -0.2) is 36.6 Å². The lowest BCUT2D eigenvalue weighted by Crippen LogP contribution is -2.33. The molecule has 64 valence electrons. The maximum absolute atomic E-state index is 3.56. The molecule has 0 aromatic rings. The average molecular weight is 154 g/mol. The first-order valence-corrected chi connectivity index (χ1v) is 4.75. The molecule has 2 saturated heterocycles. The van der Waals surface area contributed by atoms with Crippen molar-refractivity contribution in [2.75, 3.05) is 19.6 Å². The monoisotopic (exact) mass is 154 g/mol. The standard InChI is InChI=1S/C9H18N2/c1-7(2)11-5-8-3-4-10-9(8)6-11/h7-10H,3-6H2,1-2H3/t8-,9+/m1/s1. The van der Waals surface area contributed by atoms with Crippen molar-refractivity contribution in [2.24, 2.45) is 5.92 Å². The van der Waals surface area contributed by atoms with Crippen LogP contribution >= 0.6 is 0 Å². The Bertz CT molecular complexity index is 132. The Balaban J connectivity index is 1.94. The Morgan fingerprint density at radius 3 is 2.82 bits per heavy atom. The van der Waals surface area contributed by atoms with Gasteiger partial charge in [0.2, 0.25) is 0 Å². The van der Waals surface area contributed by atoms with Crippen LogP contribution in [0.4, 0.5) is 0 Å². The van der Waals surface area contributed by atoms with Crippen LogP contribution in [0.2, 0.25) is 0 Å². The largest absolute Gasteiger partial charge is 0.312 e. The average Bonchev–Trinajstić information content (AvgIpc) is 2.40. The highest BCUT2D eigenvalue weighted by molar-refractivity contribution is 4.94. The highest BCUT2D eigenvalue weighted by Gasteiger charge is 2.36. The molecule has 0 aromatic carbocycles. The molecule has 1 N–H and O–H groups in total. The van der Waals surface area contributed by atoms with Crippen LogP contribution in [0.25, 0.3) is 0 Å². The first kappa shape index (κ1) is 7.56. The fraction of sp³-hybridized carbons (Fsp3) is 1.00. The van der Waals surface area contributed by atoms with E-state index >= 15 is 0 Å². The van der Waals surface area contributed by atoms with Gasteiger partial charge in [-0.3, -0.25) is 4.90 Å². The Kier molecular flexibility index (Phi) is 1.90. The number of likely N-dealkylation sites (tertiary alicyclic amines) is 1. The highest BCUT2D eigenvalue weighted by Crippen LogP contribution is 2.25. The molecule has 2 aliphatic rings. The molecule has 2 fully saturated rings. The van der Waals surface area contributed by atoms with Crippen LogP contribution in [-0.2, 0) is 0 Å². The second-order valence-corrected chi connectivity index (χ2v) is 4.16. The summed E-state index contributed by atoms with van der Waals surface area (Å²) in [5.41, 5.74) is 0. The minimum absolute atomic E-state index is 0.738. The third-order valence-electron chi connectivity index (χ3n) is 3.12. The quantitative estimate of drug-likeness (QED) is 0.598. The van der Waals surface area contributed by atoms with Crippen molar-refractivity contribution >= 4 is 0 Å². The molecule has 2 heteroatoms. The Labute approximate surface area is 69.0 Å². The van der Waals surface area contributed by atoms with Crippen molar-refractivity contribution in [3.05, 3.63) is 0 Å². The van der Waals surface area contributed by atoms with Crippen molar-refractivity contribution in [2.45, 2.75) is 32.4 Å². The van der Waals surface area contributed by atoms with Gasteiger partial charge >= 0.3 is 0 Å². The van der Waals surface area contributed by atoms with E-state index in [0.29, 0.717) is 0 Å². The minimum atomic E-state index is 0.738. The van der Waals surface area contributed by atoms with Gasteiger partial charge in [-0.15, -0.1) is 0 Å². The Morgan fingerprint density at radius 2 is 2.18 bits per heavy atom. The predicted octanol–water partition coefficient (Wildman–Crippen LogP) is 0.688. The third kappa shape index (κ3) is 1.30. The van der Waals surface area contributed by atoms with Gasteiger partial charge in [0.1, 0.15) is 0 Å². The van der Waals surface area contributed by atoms with E-state index in [-0.39, 0.29) is 0 Å². The summed E-state index contributed by atoms with van der Waals surface area (Å²) in [5.74, 6) is 0.956. The fourth-order valence-electron chi connectivity index (χ4n) is 2.30. The van der Waals surface area contributed by atoms with E-state index in [0.717, 1.165) is 18.0 Å². The maximum atomic E-state index is 3.56. The van der Waals surface area contributed by atoms with Gasteiger partial charge in [0.25, 0.3) is 0 Å². The van der Waals surface area contributed by atoms with Crippen molar-refractivity contribution in [3.63, 3.8) is 0 Å². The molecule has 0 aliphatic carbocycles. The van der Waals surface area contributed by atoms with Crippen molar-refractivity contribution in [1.29, 1.82) is 0 Å². The minimum Gasteiger partial charge on any atom is -0.312 e. The molecule has 2 heterocycles. The molecule has 0 amide bonds. The van der Waals surface area contributed by atoms with E-state index in [4.69, 9.17) is 0 Å². The summed E-state index contributed by atoms with van der Waals surface area (Å²) in [6, 6.07) is 1.56. The molecule has 0 unspecified atom stereocenters. The Morgan fingerprint density at radius 1 is 1.36 bits per heavy atom. The van der Waals surface area contributed by atoms with E-state index in [1.54, 1.807) is 0 Å². The highest BCUT2D eigenvalue weighted by atomic mass is 15.2. The third-order valence-corrected chi connectivity index (χ3v) is 3.12. The Hall–Kier alpha value is -0.0800. The van der Waals surface area contributed by atoms with E-state index in [9.17, 15) is 0 Å². The maximum Gasteiger partial charge on any atom is 0.0236 e. The zero-order valence-electron chi connectivity index (χ0n) is 7.51. The van der Waals surface area contributed by atoms with E-state index < -0.39 is 0 Å². The molecule has 0 aromatic heterocycles. The lowest BCUT2D eigenvalue weighted by atomic mass is 10.1. The van der Waals surface area contributed by atoms with Crippen molar-refractivity contribution in [3.8, 4) is 0 Å². The topological polar surface area (TPSA) is 15.3 Å². The van der Waals surface area contributed by atoms with Gasteiger partial charge < -0.3 is 5.32 Å². The van der Waals surface area contributed by atoms with E-state index in [2.05, 4.69) is 24.1 Å². The molecular weight excluding hydrogens is 136 g/mol. The van der Waals surface area contributed by atoms with Gasteiger partial charge in [0.05, 0.1) is 0 Å². The summed E-state index contributed by atoms with van der Waals surface area (Å²) in [6.45, 7) is 8.45. The van der Waals surface area contributed by atoms with Crippen LogP contribution in [0.5, 0.6) is 0 Å². The van der Waals surface area contributed by atoms with Gasteiger partial charge in [-0.25, -0.2) is 0 Å². The number of nitrogens with zero attached hydrogens (tertiary/aromatic N) is 1. The van der Waals surface area contributed by atoms with Crippen molar-refractivity contribution in [1.82, 2.24) is 10.2 Å². The molecule has 0 radical (unpaired) electrons. The van der Waals surface area contributed by atoms with Crippen LogP contribution < -0.4 is 5.32 Å². The van der Waals surface area contributed by atoms with Crippen LogP contribution in [0.15, 0.2) is 0 Å². The lowest BCUT2D eigenvalue weighted by molar-refractivity contribution is 0.257. The van der Waals surface area contributed by atoms with Crippen LogP contribution in [0, 0.1) is 5.92 Å². The second kappa shape index (κ2) is 2.76. The lowest BCUT2D eigenvalue weighted by Gasteiger charge is -2.20. The predicted molar refractivity (Wildman–Crippen MR) is 46.6 cm³/mol. The molecule has 2 atom stereocenters. The van der Waals surface area contributed by atoms with E-state index in [1.807, 2.05) is 0 Å². The molecule has 2 aliphatic heterocycles. The SMILES string of the molecule is CC(C)N1C[C@H]2CCN[C@H]2C1. The van der Waals surface area contributed by atoms with Gasteiger partial charge in [-0.05, 0) is 32.7 Å². The number of hydrogen-bond acceptors (Lipinski definition) is 2. The summed E-state index contributed by atoms with van der Waals surface area (Å²) < 4.78 is 0. The van der Waals surface area contributed by atoms with Crippen LogP contribution in [0.1, 0.15) is 20.3 Å². The molecular formula is C9H18N2. The summed E-state index contributed by atoms with van der Waals surface area (Å²) in [6.07, 6.45) is 1.40. The van der Waals surface area contributed by atoms with E-state index in [1.165, 1.54) is 26.1 Å². The normalized spacial score (nSPS) is 38.5. The molecule has 2 rings (SSSR count). The summed E-state index contributed by atoms with van der Waals surface area (Å²) in [5, 5.41) is 3.56. The first-order valence-electron chi connectivity index (χ1n) is 4.75. The fourth-order valence-corrected chi connectivity index (χ4v) is 2.30. The van der Waals surface area contributed by atoms with Gasteiger partial charge in [0, 0.05) is 25.2 Å². The molecule has 0 spiro atoms. The molecule has 11 heavy (non-hydrogen) atoms. The zero-order valence-corrected chi connectivity index (χ0v) is 7.51. The summed E-state index contributed by atoms with van der Waals surface area (Å²) in [7, 11) is 0. The van der Waals surface area contributed by atoms with Crippen LogP contribution in [0.3, 0.4) is 0 Å². The first-order chi connectivity index (χ1) is 5.27. The van der Waals surface area contributed by atoms with Gasteiger partial charge in [-0.2, -0.15) is 0 Å². The van der Waals surface area contributed by atoms with Gasteiger partial charge in [-0.1, -0.05) is 0 Å².